The van der Waals surface area contributed by atoms with Gasteiger partial charge in [-0.2, -0.15) is 0 Å². The standard InChI is InChI=1S/C24H26N4O4/c1-30-19-6-8-20(9-7-19)32-17-24(29)28-14-12-27(13-15-28)23-11-10-22(25-26-23)18-4-3-5-21(16-18)31-2/h3-11,16H,12-15,17H2,1-2H3. The number of piperazine rings is 1. The zero-order valence-corrected chi connectivity index (χ0v) is 18.2. The minimum atomic E-state index is -0.0278. The summed E-state index contributed by atoms with van der Waals surface area (Å²) in [4.78, 5) is 16.5. The Labute approximate surface area is 187 Å². The molecule has 166 valence electrons. The molecule has 0 N–H and O–H groups in total. The molecule has 32 heavy (non-hydrogen) atoms. The van der Waals surface area contributed by atoms with E-state index in [9.17, 15) is 4.79 Å². The van der Waals surface area contributed by atoms with Gasteiger partial charge < -0.3 is 24.0 Å². The second-order valence-corrected chi connectivity index (χ2v) is 7.34. The van der Waals surface area contributed by atoms with Crippen LogP contribution in [0.4, 0.5) is 5.82 Å². The van der Waals surface area contributed by atoms with Gasteiger partial charge in [-0.05, 0) is 48.5 Å². The molecular formula is C24H26N4O4. The predicted octanol–water partition coefficient (Wildman–Crippen LogP) is 2.89. The Kier molecular flexibility index (Phi) is 6.69. The highest BCUT2D eigenvalue weighted by molar-refractivity contribution is 5.78. The summed E-state index contributed by atoms with van der Waals surface area (Å²) in [7, 11) is 3.25. The van der Waals surface area contributed by atoms with Gasteiger partial charge in [-0.15, -0.1) is 10.2 Å². The fraction of sp³-hybridized carbons (Fsp3) is 0.292. The van der Waals surface area contributed by atoms with Crippen LogP contribution in [-0.4, -0.2) is 68.0 Å². The van der Waals surface area contributed by atoms with Gasteiger partial charge in [-0.3, -0.25) is 4.79 Å². The van der Waals surface area contributed by atoms with E-state index in [0.29, 0.717) is 31.9 Å². The highest BCUT2D eigenvalue weighted by atomic mass is 16.5. The number of methoxy groups -OCH3 is 2. The number of ether oxygens (including phenoxy) is 3. The second kappa shape index (κ2) is 10.00. The summed E-state index contributed by atoms with van der Waals surface area (Å²) in [6.45, 7) is 2.64. The Morgan fingerprint density at radius 1 is 0.844 bits per heavy atom. The van der Waals surface area contributed by atoms with E-state index in [1.54, 1.807) is 38.5 Å². The van der Waals surface area contributed by atoms with E-state index in [4.69, 9.17) is 14.2 Å². The molecule has 0 spiro atoms. The first-order valence-corrected chi connectivity index (χ1v) is 10.4. The van der Waals surface area contributed by atoms with E-state index < -0.39 is 0 Å². The number of anilines is 1. The maximum absolute atomic E-state index is 12.5. The quantitative estimate of drug-likeness (QED) is 0.566. The number of nitrogens with zero attached hydrogens (tertiary/aromatic N) is 4. The molecule has 1 saturated heterocycles. The fourth-order valence-electron chi connectivity index (χ4n) is 3.52. The van der Waals surface area contributed by atoms with Gasteiger partial charge in [0.25, 0.3) is 5.91 Å². The van der Waals surface area contributed by atoms with Crippen LogP contribution < -0.4 is 19.1 Å². The van der Waals surface area contributed by atoms with Gasteiger partial charge in [0, 0.05) is 31.7 Å². The minimum Gasteiger partial charge on any atom is -0.497 e. The Balaban J connectivity index is 1.28. The predicted molar refractivity (Wildman–Crippen MR) is 121 cm³/mol. The Morgan fingerprint density at radius 2 is 1.56 bits per heavy atom. The maximum Gasteiger partial charge on any atom is 0.260 e. The van der Waals surface area contributed by atoms with Crippen LogP contribution in [0, 0.1) is 0 Å². The zero-order valence-electron chi connectivity index (χ0n) is 18.2. The lowest BCUT2D eigenvalue weighted by molar-refractivity contribution is -0.133. The summed E-state index contributed by atoms with van der Waals surface area (Å²) in [5.41, 5.74) is 1.74. The smallest absolute Gasteiger partial charge is 0.260 e. The fourth-order valence-corrected chi connectivity index (χ4v) is 3.52. The van der Waals surface area contributed by atoms with Crippen molar-refractivity contribution in [1.82, 2.24) is 15.1 Å². The number of rotatable bonds is 7. The van der Waals surface area contributed by atoms with Crippen molar-refractivity contribution in [3.63, 3.8) is 0 Å². The van der Waals surface area contributed by atoms with E-state index in [-0.39, 0.29) is 12.5 Å². The molecule has 0 atom stereocenters. The van der Waals surface area contributed by atoms with Gasteiger partial charge in [0.1, 0.15) is 17.2 Å². The van der Waals surface area contributed by atoms with Crippen LogP contribution in [0.3, 0.4) is 0 Å². The number of carbonyl (C=O) groups is 1. The van der Waals surface area contributed by atoms with Crippen molar-refractivity contribution >= 4 is 11.7 Å². The van der Waals surface area contributed by atoms with Gasteiger partial charge in [0.15, 0.2) is 12.4 Å². The summed E-state index contributed by atoms with van der Waals surface area (Å²) < 4.78 is 16.0. The van der Waals surface area contributed by atoms with Crippen molar-refractivity contribution < 1.29 is 19.0 Å². The van der Waals surface area contributed by atoms with Crippen LogP contribution in [0.2, 0.25) is 0 Å². The average molecular weight is 434 g/mol. The van der Waals surface area contributed by atoms with Gasteiger partial charge in [0.2, 0.25) is 0 Å². The van der Waals surface area contributed by atoms with Crippen molar-refractivity contribution in [2.45, 2.75) is 0 Å². The maximum atomic E-state index is 12.5. The lowest BCUT2D eigenvalue weighted by Crippen LogP contribution is -2.50. The van der Waals surface area contributed by atoms with E-state index in [2.05, 4.69) is 15.1 Å². The number of hydrogen-bond acceptors (Lipinski definition) is 7. The van der Waals surface area contributed by atoms with E-state index in [1.165, 1.54) is 0 Å². The number of amides is 1. The molecular weight excluding hydrogens is 408 g/mol. The largest absolute Gasteiger partial charge is 0.497 e. The molecule has 0 bridgehead atoms. The number of benzene rings is 2. The van der Waals surface area contributed by atoms with Gasteiger partial charge >= 0.3 is 0 Å². The molecule has 0 aliphatic carbocycles. The van der Waals surface area contributed by atoms with Crippen molar-refractivity contribution in [3.8, 4) is 28.5 Å². The molecule has 1 aliphatic heterocycles. The molecule has 0 saturated carbocycles. The first kappa shape index (κ1) is 21.4. The van der Waals surface area contributed by atoms with E-state index in [1.807, 2.05) is 41.3 Å². The van der Waals surface area contributed by atoms with Crippen LogP contribution in [-0.2, 0) is 4.79 Å². The third kappa shape index (κ3) is 5.08. The van der Waals surface area contributed by atoms with Crippen LogP contribution >= 0.6 is 0 Å². The molecule has 1 aliphatic rings. The molecule has 2 heterocycles. The highest BCUT2D eigenvalue weighted by Gasteiger charge is 2.22. The first-order valence-electron chi connectivity index (χ1n) is 10.4. The summed E-state index contributed by atoms with van der Waals surface area (Å²) in [6, 6.07) is 18.8. The number of hydrogen-bond donors (Lipinski definition) is 0. The molecule has 4 rings (SSSR count). The molecule has 2 aromatic carbocycles. The molecule has 1 fully saturated rings. The Hall–Kier alpha value is -3.81. The summed E-state index contributed by atoms with van der Waals surface area (Å²) in [5.74, 6) is 2.95. The molecule has 8 heteroatoms. The van der Waals surface area contributed by atoms with Crippen LogP contribution in [0.1, 0.15) is 0 Å². The third-order valence-corrected chi connectivity index (χ3v) is 5.39. The number of aromatic nitrogens is 2. The lowest BCUT2D eigenvalue weighted by atomic mass is 10.1. The molecule has 8 nitrogen and oxygen atoms in total. The molecule has 0 unspecified atom stereocenters. The van der Waals surface area contributed by atoms with Crippen LogP contribution in [0.15, 0.2) is 60.7 Å². The topological polar surface area (TPSA) is 77.0 Å². The minimum absolute atomic E-state index is 0.0152. The van der Waals surface area contributed by atoms with Gasteiger partial charge in [0.05, 0.1) is 19.9 Å². The summed E-state index contributed by atoms with van der Waals surface area (Å²) in [6.07, 6.45) is 0. The van der Waals surface area contributed by atoms with Gasteiger partial charge in [-0.1, -0.05) is 12.1 Å². The molecule has 1 aromatic heterocycles. The zero-order chi connectivity index (χ0) is 22.3. The SMILES string of the molecule is COc1ccc(OCC(=O)N2CCN(c3ccc(-c4cccc(OC)c4)nn3)CC2)cc1. The lowest BCUT2D eigenvalue weighted by Gasteiger charge is -2.35. The van der Waals surface area contributed by atoms with Crippen molar-refractivity contribution in [1.29, 1.82) is 0 Å². The van der Waals surface area contributed by atoms with Crippen LogP contribution in [0.5, 0.6) is 17.2 Å². The first-order chi connectivity index (χ1) is 15.7. The number of carbonyl (C=O) groups excluding carboxylic acids is 1. The van der Waals surface area contributed by atoms with Crippen molar-refractivity contribution in [3.05, 3.63) is 60.7 Å². The van der Waals surface area contributed by atoms with Gasteiger partial charge in [-0.25, -0.2) is 0 Å². The summed E-state index contributed by atoms with van der Waals surface area (Å²) >= 11 is 0. The highest BCUT2D eigenvalue weighted by Crippen LogP contribution is 2.23. The van der Waals surface area contributed by atoms with Crippen molar-refractivity contribution in [2.24, 2.45) is 0 Å². The normalized spacial score (nSPS) is 13.6. The third-order valence-electron chi connectivity index (χ3n) is 5.39. The van der Waals surface area contributed by atoms with Crippen molar-refractivity contribution in [2.75, 3.05) is 51.9 Å². The Morgan fingerprint density at radius 3 is 2.22 bits per heavy atom. The average Bonchev–Trinajstić information content (AvgIpc) is 2.88. The summed E-state index contributed by atoms with van der Waals surface area (Å²) in [5, 5.41) is 8.76. The Bertz CT molecular complexity index is 1030. The van der Waals surface area contributed by atoms with E-state index in [0.717, 1.165) is 28.6 Å². The molecule has 3 aromatic rings. The molecule has 1 amide bonds. The molecule has 0 radical (unpaired) electrons. The van der Waals surface area contributed by atoms with E-state index >= 15 is 0 Å². The monoisotopic (exact) mass is 434 g/mol. The second-order valence-electron chi connectivity index (χ2n) is 7.34. The van der Waals surface area contributed by atoms with Crippen LogP contribution in [0.25, 0.3) is 11.3 Å².